The summed E-state index contributed by atoms with van der Waals surface area (Å²) >= 11 is 0. The zero-order chi connectivity index (χ0) is 15.7. The van der Waals surface area contributed by atoms with Crippen molar-refractivity contribution in [3.8, 4) is 5.75 Å². The minimum Gasteiger partial charge on any atom is -0.496 e. The summed E-state index contributed by atoms with van der Waals surface area (Å²) in [6.45, 7) is 5.00. The normalized spacial score (nSPS) is 12.1. The maximum Gasteiger partial charge on any atom is 0.273 e. The van der Waals surface area contributed by atoms with E-state index in [1.807, 2.05) is 6.07 Å². The van der Waals surface area contributed by atoms with Gasteiger partial charge in [0.25, 0.3) is 5.69 Å². The standard InChI is InChI=1S/C16H26N2O3/c1-4-6-8-14(7-5-2)17-12-13-9-15(18(19)20)11-16(10-13)21-3/h9-11,14,17H,4-8,12H2,1-3H3. The lowest BCUT2D eigenvalue weighted by Crippen LogP contribution is -2.28. The van der Waals surface area contributed by atoms with Crippen molar-refractivity contribution >= 4 is 5.69 Å². The highest BCUT2D eigenvalue weighted by Crippen LogP contribution is 2.22. The molecule has 0 aliphatic carbocycles. The number of benzene rings is 1. The van der Waals surface area contributed by atoms with Crippen molar-refractivity contribution in [1.82, 2.24) is 5.32 Å². The average molecular weight is 294 g/mol. The van der Waals surface area contributed by atoms with Gasteiger partial charge in [-0.2, -0.15) is 0 Å². The molecule has 1 rings (SSSR count). The summed E-state index contributed by atoms with van der Waals surface area (Å²) in [7, 11) is 1.53. The Labute approximate surface area is 126 Å². The Hall–Kier alpha value is -1.62. The molecule has 1 aromatic carbocycles. The second-order valence-electron chi connectivity index (χ2n) is 5.31. The van der Waals surface area contributed by atoms with E-state index < -0.39 is 0 Å². The number of hydrogen-bond donors (Lipinski definition) is 1. The van der Waals surface area contributed by atoms with Gasteiger partial charge < -0.3 is 10.1 Å². The van der Waals surface area contributed by atoms with Crippen molar-refractivity contribution in [2.24, 2.45) is 0 Å². The number of rotatable bonds is 10. The molecule has 21 heavy (non-hydrogen) atoms. The van der Waals surface area contributed by atoms with Crippen molar-refractivity contribution in [3.63, 3.8) is 0 Å². The molecule has 0 bridgehead atoms. The molecule has 0 heterocycles. The number of methoxy groups -OCH3 is 1. The van der Waals surface area contributed by atoms with Gasteiger partial charge in [0, 0.05) is 18.7 Å². The third-order valence-corrected chi connectivity index (χ3v) is 3.54. The lowest BCUT2D eigenvalue weighted by molar-refractivity contribution is -0.385. The Kier molecular flexibility index (Phi) is 7.75. The fraction of sp³-hybridized carbons (Fsp3) is 0.625. The van der Waals surface area contributed by atoms with Crippen LogP contribution in [0.1, 0.15) is 51.5 Å². The van der Waals surface area contributed by atoms with Crippen LogP contribution in [0.2, 0.25) is 0 Å². The quantitative estimate of drug-likeness (QED) is 0.522. The molecule has 0 saturated heterocycles. The van der Waals surface area contributed by atoms with Crippen LogP contribution in [-0.2, 0) is 6.54 Å². The summed E-state index contributed by atoms with van der Waals surface area (Å²) in [6, 6.07) is 5.38. The lowest BCUT2D eigenvalue weighted by atomic mass is 10.0. The molecule has 0 aliphatic heterocycles. The maximum absolute atomic E-state index is 10.9. The number of ether oxygens (including phenoxy) is 1. The summed E-state index contributed by atoms with van der Waals surface area (Å²) in [6.07, 6.45) is 5.81. The first-order valence-corrected chi connectivity index (χ1v) is 7.66. The van der Waals surface area contributed by atoms with Crippen LogP contribution in [0.15, 0.2) is 18.2 Å². The van der Waals surface area contributed by atoms with Crippen LogP contribution >= 0.6 is 0 Å². The first-order valence-electron chi connectivity index (χ1n) is 7.66. The van der Waals surface area contributed by atoms with E-state index in [0.29, 0.717) is 18.3 Å². The molecule has 0 spiro atoms. The predicted octanol–water partition coefficient (Wildman–Crippen LogP) is 4.05. The van der Waals surface area contributed by atoms with Gasteiger partial charge in [0.05, 0.1) is 18.1 Å². The molecule has 0 aliphatic rings. The molecule has 0 amide bonds. The topological polar surface area (TPSA) is 64.4 Å². The molecule has 1 unspecified atom stereocenters. The lowest BCUT2D eigenvalue weighted by Gasteiger charge is -2.18. The Bertz CT molecular complexity index is 449. The first kappa shape index (κ1) is 17.4. The van der Waals surface area contributed by atoms with E-state index >= 15 is 0 Å². The van der Waals surface area contributed by atoms with Crippen LogP contribution in [0.3, 0.4) is 0 Å². The van der Waals surface area contributed by atoms with E-state index in [4.69, 9.17) is 4.74 Å². The van der Waals surface area contributed by atoms with Crippen LogP contribution in [0.25, 0.3) is 0 Å². The summed E-state index contributed by atoms with van der Waals surface area (Å²) in [5.74, 6) is 0.529. The molecule has 5 heteroatoms. The molecule has 1 aromatic rings. The largest absolute Gasteiger partial charge is 0.496 e. The van der Waals surface area contributed by atoms with E-state index in [0.717, 1.165) is 24.8 Å². The highest BCUT2D eigenvalue weighted by Gasteiger charge is 2.12. The van der Waals surface area contributed by atoms with E-state index in [2.05, 4.69) is 19.2 Å². The van der Waals surface area contributed by atoms with Crippen molar-refractivity contribution in [3.05, 3.63) is 33.9 Å². The van der Waals surface area contributed by atoms with Gasteiger partial charge >= 0.3 is 0 Å². The summed E-state index contributed by atoms with van der Waals surface area (Å²) in [5.41, 5.74) is 0.963. The number of nitro benzene ring substituents is 1. The summed E-state index contributed by atoms with van der Waals surface area (Å²) in [5, 5.41) is 14.4. The van der Waals surface area contributed by atoms with Crippen molar-refractivity contribution in [1.29, 1.82) is 0 Å². The Morgan fingerprint density at radius 1 is 1.24 bits per heavy atom. The van der Waals surface area contributed by atoms with E-state index in [1.165, 1.54) is 26.0 Å². The molecular formula is C16H26N2O3. The zero-order valence-corrected chi connectivity index (χ0v) is 13.2. The highest BCUT2D eigenvalue weighted by molar-refractivity contribution is 5.42. The van der Waals surface area contributed by atoms with Crippen molar-refractivity contribution in [2.45, 2.75) is 58.5 Å². The minimum absolute atomic E-state index is 0.0757. The van der Waals surface area contributed by atoms with Gasteiger partial charge in [-0.3, -0.25) is 10.1 Å². The number of nitrogens with zero attached hydrogens (tertiary/aromatic N) is 1. The Morgan fingerprint density at radius 3 is 2.57 bits per heavy atom. The van der Waals surface area contributed by atoms with E-state index in [9.17, 15) is 10.1 Å². The molecule has 0 radical (unpaired) electrons. The van der Waals surface area contributed by atoms with Crippen LogP contribution < -0.4 is 10.1 Å². The van der Waals surface area contributed by atoms with Gasteiger partial charge in [-0.1, -0.05) is 33.1 Å². The molecule has 118 valence electrons. The molecule has 1 N–H and O–H groups in total. The van der Waals surface area contributed by atoms with Gasteiger partial charge in [-0.05, 0) is 24.5 Å². The number of non-ortho nitro benzene ring substituents is 1. The minimum atomic E-state index is -0.382. The smallest absolute Gasteiger partial charge is 0.273 e. The van der Waals surface area contributed by atoms with Crippen LogP contribution in [0, 0.1) is 10.1 Å². The van der Waals surface area contributed by atoms with Crippen molar-refractivity contribution < 1.29 is 9.66 Å². The Balaban J connectivity index is 2.71. The molecule has 0 aromatic heterocycles. The molecular weight excluding hydrogens is 268 g/mol. The number of nitrogens with one attached hydrogen (secondary N) is 1. The average Bonchev–Trinajstić information content (AvgIpc) is 2.49. The number of nitro groups is 1. The predicted molar refractivity (Wildman–Crippen MR) is 84.7 cm³/mol. The maximum atomic E-state index is 10.9. The highest BCUT2D eigenvalue weighted by atomic mass is 16.6. The van der Waals surface area contributed by atoms with Gasteiger partial charge in [0.2, 0.25) is 0 Å². The zero-order valence-electron chi connectivity index (χ0n) is 13.2. The second-order valence-corrected chi connectivity index (χ2v) is 5.31. The molecule has 5 nitrogen and oxygen atoms in total. The molecule has 0 saturated carbocycles. The number of hydrogen-bond acceptors (Lipinski definition) is 4. The number of unbranched alkanes of at least 4 members (excludes halogenated alkanes) is 1. The van der Waals surface area contributed by atoms with Gasteiger partial charge in [0.1, 0.15) is 5.75 Å². The van der Waals surface area contributed by atoms with Gasteiger partial charge in [0.15, 0.2) is 0 Å². The third-order valence-electron chi connectivity index (χ3n) is 3.54. The van der Waals surface area contributed by atoms with Gasteiger partial charge in [-0.25, -0.2) is 0 Å². The Morgan fingerprint density at radius 2 is 2.00 bits per heavy atom. The van der Waals surface area contributed by atoms with Crippen molar-refractivity contribution in [2.75, 3.05) is 7.11 Å². The SMILES string of the molecule is CCCCC(CCC)NCc1cc(OC)cc([N+](=O)[O-])c1. The second kappa shape index (κ2) is 9.34. The fourth-order valence-electron chi connectivity index (χ4n) is 2.38. The fourth-order valence-corrected chi connectivity index (χ4v) is 2.38. The third kappa shape index (κ3) is 6.12. The molecule has 1 atom stereocenters. The van der Waals surface area contributed by atoms with Crippen LogP contribution in [0.5, 0.6) is 5.75 Å². The van der Waals surface area contributed by atoms with E-state index in [-0.39, 0.29) is 10.6 Å². The monoisotopic (exact) mass is 294 g/mol. The van der Waals surface area contributed by atoms with E-state index in [1.54, 1.807) is 6.07 Å². The van der Waals surface area contributed by atoms with Gasteiger partial charge in [-0.15, -0.1) is 0 Å². The van der Waals surface area contributed by atoms with Crippen LogP contribution in [-0.4, -0.2) is 18.1 Å². The first-order chi connectivity index (χ1) is 10.1. The summed E-state index contributed by atoms with van der Waals surface area (Å²) < 4.78 is 5.13. The summed E-state index contributed by atoms with van der Waals surface area (Å²) in [4.78, 5) is 10.6. The van der Waals surface area contributed by atoms with Crippen LogP contribution in [0.4, 0.5) is 5.69 Å². The molecule has 0 fully saturated rings.